The fourth-order valence-corrected chi connectivity index (χ4v) is 2.48. The molecule has 3 aromatic rings. The van der Waals surface area contributed by atoms with E-state index in [-0.39, 0.29) is 11.1 Å². The summed E-state index contributed by atoms with van der Waals surface area (Å²) < 4.78 is 13.0. The molecule has 1 aromatic carbocycles. The molecule has 136 valence electrons. The van der Waals surface area contributed by atoms with Crippen LogP contribution in [0, 0.1) is 5.82 Å². The number of aromatic nitrogens is 2. The lowest BCUT2D eigenvalue weighted by Crippen LogP contribution is -2.36. The maximum absolute atomic E-state index is 13.0. The number of H-pyrrole nitrogens is 1. The fourth-order valence-electron chi connectivity index (χ4n) is 2.48. The molecule has 0 spiro atoms. The largest absolute Gasteiger partial charge is 0.479 e. The van der Waals surface area contributed by atoms with Crippen LogP contribution in [0.5, 0.6) is 0 Å². The number of carbonyl (C=O) groups is 2. The van der Waals surface area contributed by atoms with Crippen molar-refractivity contribution >= 4 is 11.9 Å². The number of carboxylic acid groups (broad SMARTS) is 1. The minimum absolute atomic E-state index is 0.179. The Morgan fingerprint density at radius 2 is 1.81 bits per heavy atom. The van der Waals surface area contributed by atoms with E-state index in [0.717, 1.165) is 12.1 Å². The van der Waals surface area contributed by atoms with Crippen LogP contribution in [0.15, 0.2) is 65.6 Å². The van der Waals surface area contributed by atoms with Gasteiger partial charge in [0.05, 0.1) is 11.4 Å². The van der Waals surface area contributed by atoms with Gasteiger partial charge in [-0.15, -0.1) is 0 Å². The van der Waals surface area contributed by atoms with Crippen molar-refractivity contribution in [2.24, 2.45) is 0 Å². The van der Waals surface area contributed by atoms with E-state index < -0.39 is 29.3 Å². The van der Waals surface area contributed by atoms with Gasteiger partial charge in [0, 0.05) is 6.20 Å². The van der Waals surface area contributed by atoms with E-state index in [4.69, 9.17) is 0 Å². The molecule has 1 atom stereocenters. The summed E-state index contributed by atoms with van der Waals surface area (Å²) in [6.45, 7) is 0. The van der Waals surface area contributed by atoms with Crippen LogP contribution in [-0.2, 0) is 4.79 Å². The summed E-state index contributed by atoms with van der Waals surface area (Å²) in [6.07, 6.45) is 1.56. The Kier molecular flexibility index (Phi) is 5.07. The average molecular weight is 367 g/mol. The summed E-state index contributed by atoms with van der Waals surface area (Å²) in [5.41, 5.74) is 0.197. The lowest BCUT2D eigenvalue weighted by atomic mass is 10.1. The Hall–Kier alpha value is -3.81. The van der Waals surface area contributed by atoms with E-state index in [0.29, 0.717) is 11.4 Å². The molecular weight excluding hydrogens is 353 g/mol. The Morgan fingerprint density at radius 3 is 2.41 bits per heavy atom. The first-order valence-electron chi connectivity index (χ1n) is 7.89. The van der Waals surface area contributed by atoms with E-state index in [1.54, 1.807) is 24.4 Å². The van der Waals surface area contributed by atoms with Crippen molar-refractivity contribution in [2.45, 2.75) is 6.04 Å². The van der Waals surface area contributed by atoms with Crippen molar-refractivity contribution in [2.75, 3.05) is 0 Å². The number of amides is 1. The van der Waals surface area contributed by atoms with Crippen molar-refractivity contribution in [1.29, 1.82) is 0 Å². The van der Waals surface area contributed by atoms with Crippen LogP contribution in [0.2, 0.25) is 0 Å². The maximum atomic E-state index is 13.0. The monoisotopic (exact) mass is 367 g/mol. The maximum Gasteiger partial charge on any atom is 0.330 e. The Morgan fingerprint density at radius 1 is 1.07 bits per heavy atom. The molecule has 0 aliphatic carbocycles. The minimum Gasteiger partial charge on any atom is -0.479 e. The van der Waals surface area contributed by atoms with Crippen LogP contribution in [-0.4, -0.2) is 27.0 Å². The van der Waals surface area contributed by atoms with Crippen molar-refractivity contribution < 1.29 is 19.1 Å². The molecule has 0 fully saturated rings. The average Bonchev–Trinajstić information content (AvgIpc) is 2.67. The number of nitrogens with one attached hydrogen (secondary N) is 2. The number of aliphatic carboxylic acids is 1. The molecule has 3 N–H and O–H groups in total. The molecule has 2 aromatic heterocycles. The van der Waals surface area contributed by atoms with Crippen molar-refractivity contribution in [3.63, 3.8) is 0 Å². The SMILES string of the molecule is O=C(NC(C(=O)O)c1ccc(F)cc1)c1ccc(-c2ccccn2)[nH]c1=O. The molecule has 0 saturated heterocycles. The number of carbonyl (C=O) groups excluding carboxylic acids is 1. The number of nitrogens with zero attached hydrogens (tertiary/aromatic N) is 1. The number of rotatable bonds is 5. The van der Waals surface area contributed by atoms with Gasteiger partial charge in [0.25, 0.3) is 11.5 Å². The van der Waals surface area contributed by atoms with Gasteiger partial charge >= 0.3 is 5.97 Å². The fraction of sp³-hybridized carbons (Fsp3) is 0.0526. The highest BCUT2D eigenvalue weighted by Crippen LogP contribution is 2.15. The lowest BCUT2D eigenvalue weighted by Gasteiger charge is -2.15. The Labute approximate surface area is 152 Å². The lowest BCUT2D eigenvalue weighted by molar-refractivity contribution is -0.139. The first-order valence-corrected chi connectivity index (χ1v) is 7.89. The zero-order valence-corrected chi connectivity index (χ0v) is 13.8. The molecule has 1 amide bonds. The van der Waals surface area contributed by atoms with Crippen LogP contribution in [0.4, 0.5) is 4.39 Å². The molecule has 1 unspecified atom stereocenters. The molecule has 8 heteroatoms. The van der Waals surface area contributed by atoms with Gasteiger partial charge in [-0.25, -0.2) is 9.18 Å². The standard InChI is InChI=1S/C19H14FN3O4/c20-12-6-4-11(5-7-12)16(19(26)27)23-18(25)13-8-9-15(22-17(13)24)14-3-1-2-10-21-14/h1-10,16H,(H,22,24)(H,23,25)(H,26,27). The first kappa shape index (κ1) is 18.0. The number of aromatic amines is 1. The molecule has 0 saturated carbocycles. The molecule has 7 nitrogen and oxygen atoms in total. The smallest absolute Gasteiger partial charge is 0.330 e. The van der Waals surface area contributed by atoms with Crippen molar-refractivity contribution in [1.82, 2.24) is 15.3 Å². The second-order valence-electron chi connectivity index (χ2n) is 5.63. The number of carboxylic acids is 1. The van der Waals surface area contributed by atoms with Crippen LogP contribution in [0.1, 0.15) is 22.0 Å². The third kappa shape index (κ3) is 4.06. The molecule has 0 aliphatic heterocycles. The van der Waals surface area contributed by atoms with Crippen LogP contribution in [0.25, 0.3) is 11.4 Å². The molecule has 2 heterocycles. The van der Waals surface area contributed by atoms with E-state index in [1.807, 2.05) is 0 Å². The van der Waals surface area contributed by atoms with Gasteiger partial charge in [-0.05, 0) is 42.0 Å². The van der Waals surface area contributed by atoms with Crippen LogP contribution >= 0.6 is 0 Å². The highest BCUT2D eigenvalue weighted by atomic mass is 19.1. The Balaban J connectivity index is 1.85. The summed E-state index contributed by atoms with van der Waals surface area (Å²) in [5.74, 6) is -2.73. The number of hydrogen-bond acceptors (Lipinski definition) is 4. The Bertz CT molecular complexity index is 1030. The van der Waals surface area contributed by atoms with Gasteiger partial charge in [0.15, 0.2) is 6.04 Å². The zero-order valence-electron chi connectivity index (χ0n) is 13.8. The summed E-state index contributed by atoms with van der Waals surface area (Å²) >= 11 is 0. The zero-order chi connectivity index (χ0) is 19.4. The number of benzene rings is 1. The van der Waals surface area contributed by atoms with E-state index in [1.165, 1.54) is 24.3 Å². The van der Waals surface area contributed by atoms with Crippen LogP contribution < -0.4 is 10.9 Å². The first-order chi connectivity index (χ1) is 13.0. The summed E-state index contributed by atoms with van der Waals surface area (Å²) in [6, 6.07) is 11.2. The quantitative estimate of drug-likeness (QED) is 0.640. The predicted octanol–water partition coefficient (Wildman–Crippen LogP) is 2.13. The van der Waals surface area contributed by atoms with Gasteiger partial charge in [-0.1, -0.05) is 18.2 Å². The molecular formula is C19H14FN3O4. The molecule has 0 aliphatic rings. The molecule has 0 bridgehead atoms. The summed E-state index contributed by atoms with van der Waals surface area (Å²) in [5, 5.41) is 11.6. The summed E-state index contributed by atoms with van der Waals surface area (Å²) in [7, 11) is 0. The molecule has 27 heavy (non-hydrogen) atoms. The number of halogens is 1. The second kappa shape index (κ2) is 7.61. The third-order valence-electron chi connectivity index (χ3n) is 3.82. The number of pyridine rings is 2. The van der Waals surface area contributed by atoms with Gasteiger partial charge < -0.3 is 15.4 Å². The molecule has 3 rings (SSSR count). The second-order valence-corrected chi connectivity index (χ2v) is 5.63. The normalized spacial score (nSPS) is 11.6. The predicted molar refractivity (Wildman–Crippen MR) is 94.5 cm³/mol. The topological polar surface area (TPSA) is 112 Å². The van der Waals surface area contributed by atoms with E-state index >= 15 is 0 Å². The highest BCUT2D eigenvalue weighted by molar-refractivity contribution is 5.96. The van der Waals surface area contributed by atoms with E-state index in [9.17, 15) is 23.9 Å². The van der Waals surface area contributed by atoms with Gasteiger partial charge in [-0.2, -0.15) is 0 Å². The number of hydrogen-bond donors (Lipinski definition) is 3. The van der Waals surface area contributed by atoms with Crippen molar-refractivity contribution in [3.05, 3.63) is 88.1 Å². The van der Waals surface area contributed by atoms with E-state index in [2.05, 4.69) is 15.3 Å². The van der Waals surface area contributed by atoms with Gasteiger partial charge in [-0.3, -0.25) is 14.6 Å². The third-order valence-corrected chi connectivity index (χ3v) is 3.82. The van der Waals surface area contributed by atoms with Crippen molar-refractivity contribution in [3.8, 4) is 11.4 Å². The minimum atomic E-state index is -1.42. The van der Waals surface area contributed by atoms with Gasteiger partial charge in [0.2, 0.25) is 0 Å². The summed E-state index contributed by atoms with van der Waals surface area (Å²) in [4.78, 5) is 42.8. The highest BCUT2D eigenvalue weighted by Gasteiger charge is 2.24. The van der Waals surface area contributed by atoms with Gasteiger partial charge in [0.1, 0.15) is 11.4 Å². The molecule has 0 radical (unpaired) electrons. The van der Waals surface area contributed by atoms with Crippen LogP contribution in [0.3, 0.4) is 0 Å².